The second-order valence-corrected chi connectivity index (χ2v) is 7.00. The van der Waals surface area contributed by atoms with Gasteiger partial charge in [0, 0.05) is 11.5 Å². The molecule has 5 heteroatoms. The number of nitrogens with zero attached hydrogens (tertiary/aromatic N) is 3. The molecule has 0 aliphatic carbocycles. The number of aromatic nitrogens is 3. The van der Waals surface area contributed by atoms with Crippen LogP contribution in [0.25, 0.3) is 11.4 Å². The van der Waals surface area contributed by atoms with E-state index >= 15 is 0 Å². The Balaban J connectivity index is 1.77. The van der Waals surface area contributed by atoms with Crippen molar-refractivity contribution in [3.05, 3.63) is 95.8 Å². The fourth-order valence-corrected chi connectivity index (χ4v) is 3.42. The second kappa shape index (κ2) is 8.19. The standard InChI is InChI=1S/C24H23N3O2/c1-17(19-10-14-22(29-2)15-11-19)23-25-26-24(20-8-12-21(28)13-9-20)27(23)16-18-6-4-3-5-7-18/h3-15,17,28H,16H2,1-2H3. The summed E-state index contributed by atoms with van der Waals surface area (Å²) in [5, 5.41) is 18.7. The number of benzene rings is 3. The summed E-state index contributed by atoms with van der Waals surface area (Å²) >= 11 is 0. The van der Waals surface area contributed by atoms with Crippen LogP contribution in [0.1, 0.15) is 29.8 Å². The van der Waals surface area contributed by atoms with Crippen LogP contribution < -0.4 is 4.74 Å². The minimum atomic E-state index is 0.0583. The van der Waals surface area contributed by atoms with Crippen molar-refractivity contribution in [2.75, 3.05) is 7.11 Å². The highest BCUT2D eigenvalue weighted by Gasteiger charge is 2.20. The maximum Gasteiger partial charge on any atom is 0.164 e. The quantitative estimate of drug-likeness (QED) is 0.515. The van der Waals surface area contributed by atoms with Crippen molar-refractivity contribution in [2.24, 2.45) is 0 Å². The molecule has 0 saturated heterocycles. The number of rotatable bonds is 6. The third kappa shape index (κ3) is 3.99. The molecule has 0 aliphatic rings. The molecule has 1 heterocycles. The summed E-state index contributed by atoms with van der Waals surface area (Å²) in [6.45, 7) is 2.80. The number of aromatic hydroxyl groups is 1. The van der Waals surface area contributed by atoms with Gasteiger partial charge < -0.3 is 14.4 Å². The Morgan fingerprint density at radius 1 is 0.897 bits per heavy atom. The lowest BCUT2D eigenvalue weighted by molar-refractivity contribution is 0.414. The summed E-state index contributed by atoms with van der Waals surface area (Å²) in [5.41, 5.74) is 3.24. The maximum absolute atomic E-state index is 9.64. The zero-order valence-electron chi connectivity index (χ0n) is 16.5. The van der Waals surface area contributed by atoms with Crippen molar-refractivity contribution in [1.29, 1.82) is 0 Å². The van der Waals surface area contributed by atoms with Crippen LogP contribution in [0, 0.1) is 0 Å². The van der Waals surface area contributed by atoms with Crippen molar-refractivity contribution in [1.82, 2.24) is 14.8 Å². The van der Waals surface area contributed by atoms with Crippen LogP contribution in [0.15, 0.2) is 78.9 Å². The van der Waals surface area contributed by atoms with Crippen LogP contribution in [0.2, 0.25) is 0 Å². The molecule has 3 aromatic carbocycles. The second-order valence-electron chi connectivity index (χ2n) is 7.00. The normalized spacial score (nSPS) is 11.9. The number of phenolic OH excluding ortho intramolecular Hbond substituents is 1. The minimum Gasteiger partial charge on any atom is -0.508 e. The van der Waals surface area contributed by atoms with Crippen molar-refractivity contribution >= 4 is 0 Å². The lowest BCUT2D eigenvalue weighted by Crippen LogP contribution is -2.10. The molecular weight excluding hydrogens is 362 g/mol. The summed E-state index contributed by atoms with van der Waals surface area (Å²) in [4.78, 5) is 0. The molecule has 146 valence electrons. The Labute approximate surface area is 170 Å². The third-order valence-corrected chi connectivity index (χ3v) is 5.09. The topological polar surface area (TPSA) is 60.2 Å². The molecule has 1 unspecified atom stereocenters. The van der Waals surface area contributed by atoms with Gasteiger partial charge in [-0.05, 0) is 47.5 Å². The van der Waals surface area contributed by atoms with E-state index in [4.69, 9.17) is 4.74 Å². The van der Waals surface area contributed by atoms with Crippen molar-refractivity contribution in [3.8, 4) is 22.9 Å². The first-order valence-electron chi connectivity index (χ1n) is 9.56. The van der Waals surface area contributed by atoms with Gasteiger partial charge in [-0.15, -0.1) is 10.2 Å². The van der Waals surface area contributed by atoms with E-state index in [1.165, 1.54) is 5.56 Å². The van der Waals surface area contributed by atoms with Crippen LogP contribution in [-0.2, 0) is 6.54 Å². The van der Waals surface area contributed by atoms with Gasteiger partial charge in [0.05, 0.1) is 13.7 Å². The van der Waals surface area contributed by atoms with Crippen molar-refractivity contribution in [2.45, 2.75) is 19.4 Å². The Morgan fingerprint density at radius 2 is 1.59 bits per heavy atom. The largest absolute Gasteiger partial charge is 0.508 e. The van der Waals surface area contributed by atoms with Gasteiger partial charge in [0.1, 0.15) is 17.3 Å². The highest BCUT2D eigenvalue weighted by molar-refractivity contribution is 5.57. The molecule has 1 N–H and O–H groups in total. The third-order valence-electron chi connectivity index (χ3n) is 5.09. The predicted molar refractivity (Wildman–Crippen MR) is 113 cm³/mol. The zero-order chi connectivity index (χ0) is 20.2. The van der Waals surface area contributed by atoms with Crippen LogP contribution in [0.4, 0.5) is 0 Å². The van der Waals surface area contributed by atoms with E-state index < -0.39 is 0 Å². The van der Waals surface area contributed by atoms with Gasteiger partial charge in [0.2, 0.25) is 0 Å². The molecule has 29 heavy (non-hydrogen) atoms. The highest BCUT2D eigenvalue weighted by Crippen LogP contribution is 2.29. The Hall–Kier alpha value is -3.60. The number of phenols is 1. The van der Waals surface area contributed by atoms with Crippen LogP contribution >= 0.6 is 0 Å². The molecule has 0 radical (unpaired) electrons. The van der Waals surface area contributed by atoms with Gasteiger partial charge in [-0.3, -0.25) is 0 Å². The van der Waals surface area contributed by atoms with E-state index in [0.717, 1.165) is 28.5 Å². The van der Waals surface area contributed by atoms with E-state index in [0.29, 0.717) is 6.54 Å². The summed E-state index contributed by atoms with van der Waals surface area (Å²) in [7, 11) is 1.67. The molecule has 4 rings (SSSR count). The van der Waals surface area contributed by atoms with E-state index in [1.54, 1.807) is 19.2 Å². The first kappa shape index (κ1) is 18.7. The van der Waals surface area contributed by atoms with Crippen LogP contribution in [-0.4, -0.2) is 27.0 Å². The van der Waals surface area contributed by atoms with Gasteiger partial charge in [-0.1, -0.05) is 49.4 Å². The Kier molecular flexibility index (Phi) is 5.29. The van der Waals surface area contributed by atoms with Crippen molar-refractivity contribution in [3.63, 3.8) is 0 Å². The number of methoxy groups -OCH3 is 1. The lowest BCUT2D eigenvalue weighted by atomic mass is 10.00. The van der Waals surface area contributed by atoms with Crippen LogP contribution in [0.5, 0.6) is 11.5 Å². The van der Waals surface area contributed by atoms with Gasteiger partial charge in [-0.25, -0.2) is 0 Å². The molecule has 0 saturated carbocycles. The van der Waals surface area contributed by atoms with E-state index in [9.17, 15) is 5.11 Å². The fraction of sp³-hybridized carbons (Fsp3) is 0.167. The average Bonchev–Trinajstić information content (AvgIpc) is 3.18. The van der Waals surface area contributed by atoms with E-state index in [1.807, 2.05) is 42.5 Å². The van der Waals surface area contributed by atoms with Gasteiger partial charge in [0.25, 0.3) is 0 Å². The maximum atomic E-state index is 9.64. The van der Waals surface area contributed by atoms with Gasteiger partial charge >= 0.3 is 0 Å². The number of hydrogen-bond donors (Lipinski definition) is 1. The highest BCUT2D eigenvalue weighted by atomic mass is 16.5. The minimum absolute atomic E-state index is 0.0583. The molecule has 1 atom stereocenters. The molecule has 0 fully saturated rings. The monoisotopic (exact) mass is 385 g/mol. The lowest BCUT2D eigenvalue weighted by Gasteiger charge is -2.16. The summed E-state index contributed by atoms with van der Waals surface area (Å²) in [6.07, 6.45) is 0. The zero-order valence-corrected chi connectivity index (χ0v) is 16.5. The summed E-state index contributed by atoms with van der Waals surface area (Å²) < 4.78 is 7.42. The van der Waals surface area contributed by atoms with E-state index in [2.05, 4.69) is 46.0 Å². The summed E-state index contributed by atoms with van der Waals surface area (Å²) in [5.74, 6) is 2.79. The first-order valence-corrected chi connectivity index (χ1v) is 9.56. The number of hydrogen-bond acceptors (Lipinski definition) is 4. The van der Waals surface area contributed by atoms with E-state index in [-0.39, 0.29) is 11.7 Å². The Morgan fingerprint density at radius 3 is 2.24 bits per heavy atom. The molecule has 5 nitrogen and oxygen atoms in total. The van der Waals surface area contributed by atoms with Crippen LogP contribution in [0.3, 0.4) is 0 Å². The fourth-order valence-electron chi connectivity index (χ4n) is 3.42. The molecular formula is C24H23N3O2. The first-order chi connectivity index (χ1) is 14.2. The molecule has 4 aromatic rings. The molecule has 0 bridgehead atoms. The molecule has 0 amide bonds. The SMILES string of the molecule is COc1ccc(C(C)c2nnc(-c3ccc(O)cc3)n2Cc2ccccc2)cc1. The van der Waals surface area contributed by atoms with Gasteiger partial charge in [0.15, 0.2) is 5.82 Å². The smallest absolute Gasteiger partial charge is 0.164 e. The number of ether oxygens (including phenoxy) is 1. The molecule has 1 aromatic heterocycles. The Bertz CT molecular complexity index is 1070. The molecule has 0 spiro atoms. The summed E-state index contributed by atoms with van der Waals surface area (Å²) in [6, 6.07) is 25.4. The average molecular weight is 385 g/mol. The van der Waals surface area contributed by atoms with Gasteiger partial charge in [-0.2, -0.15) is 0 Å². The molecule has 0 aliphatic heterocycles. The van der Waals surface area contributed by atoms with Crippen molar-refractivity contribution < 1.29 is 9.84 Å². The predicted octanol–water partition coefficient (Wildman–Crippen LogP) is 4.86.